The zero-order chi connectivity index (χ0) is 15.4. The Labute approximate surface area is 125 Å². The molecule has 0 saturated carbocycles. The first kappa shape index (κ1) is 14.7. The molecular weight excluding hydrogens is 296 g/mol. The number of non-ortho nitro benzene ring substituents is 1. The monoisotopic (exact) mass is 306 g/mol. The first-order valence-electron chi connectivity index (χ1n) is 5.80. The lowest BCUT2D eigenvalue weighted by atomic mass is 10.2. The highest BCUT2D eigenvalue weighted by molar-refractivity contribution is 6.33. The van der Waals surface area contributed by atoms with Gasteiger partial charge in [0, 0.05) is 18.2 Å². The van der Waals surface area contributed by atoms with Crippen LogP contribution in [-0.2, 0) is 0 Å². The van der Waals surface area contributed by atoms with Gasteiger partial charge in [-0.25, -0.2) is 0 Å². The van der Waals surface area contributed by atoms with Crippen LogP contribution in [0.5, 0.6) is 5.75 Å². The number of ether oxygens (including phenoxy) is 1. The van der Waals surface area contributed by atoms with Crippen molar-refractivity contribution in [3.8, 4) is 5.75 Å². The molecule has 0 aliphatic rings. The van der Waals surface area contributed by atoms with Gasteiger partial charge in [0.15, 0.2) is 0 Å². The predicted octanol–water partition coefficient (Wildman–Crippen LogP) is 4.25. The Morgan fingerprint density at radius 2 is 2.00 bits per heavy atom. The molecule has 2 N–H and O–H groups in total. The number of rotatable bonds is 4. The number of nitrogens with zero attached hydrogens (tertiary/aromatic N) is 3. The molecule has 2 rings (SSSR count). The van der Waals surface area contributed by atoms with Crippen LogP contribution in [0.2, 0.25) is 5.02 Å². The predicted molar refractivity (Wildman–Crippen MR) is 79.7 cm³/mol. The summed E-state index contributed by atoms with van der Waals surface area (Å²) in [4.78, 5) is 10.1. The molecule has 7 nitrogen and oxygen atoms in total. The summed E-state index contributed by atoms with van der Waals surface area (Å²) in [6, 6.07) is 8.89. The van der Waals surface area contributed by atoms with Gasteiger partial charge in [-0.1, -0.05) is 11.6 Å². The van der Waals surface area contributed by atoms with E-state index >= 15 is 0 Å². The van der Waals surface area contributed by atoms with Gasteiger partial charge in [-0.05, 0) is 18.2 Å². The zero-order valence-electron chi connectivity index (χ0n) is 11.0. The third kappa shape index (κ3) is 3.46. The highest BCUT2D eigenvalue weighted by atomic mass is 35.5. The van der Waals surface area contributed by atoms with Crippen molar-refractivity contribution >= 4 is 34.4 Å². The molecule has 0 saturated heterocycles. The molecule has 0 radical (unpaired) electrons. The van der Waals surface area contributed by atoms with Gasteiger partial charge in [-0.2, -0.15) is 5.11 Å². The summed E-state index contributed by atoms with van der Waals surface area (Å²) in [6.07, 6.45) is 0. The fourth-order valence-electron chi connectivity index (χ4n) is 1.56. The minimum Gasteiger partial charge on any atom is -0.495 e. The average molecular weight is 307 g/mol. The third-order valence-corrected chi connectivity index (χ3v) is 2.94. The number of nitrogens with two attached hydrogens (primary N) is 1. The van der Waals surface area contributed by atoms with Crippen molar-refractivity contribution in [2.75, 3.05) is 12.8 Å². The highest BCUT2D eigenvalue weighted by Gasteiger charge is 2.09. The second-order valence-electron chi connectivity index (χ2n) is 4.02. The van der Waals surface area contributed by atoms with Crippen LogP contribution in [0.3, 0.4) is 0 Å². The zero-order valence-corrected chi connectivity index (χ0v) is 11.7. The van der Waals surface area contributed by atoms with E-state index in [1.165, 1.54) is 25.3 Å². The number of azo groups is 1. The van der Waals surface area contributed by atoms with Crippen LogP contribution in [0.4, 0.5) is 22.7 Å². The number of hydrogen-bond donors (Lipinski definition) is 1. The summed E-state index contributed by atoms with van der Waals surface area (Å²) in [5, 5.41) is 18.7. The van der Waals surface area contributed by atoms with Crippen LogP contribution in [-0.4, -0.2) is 12.0 Å². The highest BCUT2D eigenvalue weighted by Crippen LogP contribution is 2.32. The van der Waals surface area contributed by atoms with Gasteiger partial charge in [-0.3, -0.25) is 10.1 Å². The number of hydrogen-bond acceptors (Lipinski definition) is 6. The van der Waals surface area contributed by atoms with Crippen LogP contribution in [0.25, 0.3) is 0 Å². The summed E-state index contributed by atoms with van der Waals surface area (Å²) >= 11 is 5.92. The van der Waals surface area contributed by atoms with E-state index in [2.05, 4.69) is 10.2 Å². The second kappa shape index (κ2) is 6.19. The molecule has 0 atom stereocenters. The first-order valence-corrected chi connectivity index (χ1v) is 6.18. The summed E-state index contributed by atoms with van der Waals surface area (Å²) in [5.41, 5.74) is 6.94. The molecule has 0 aromatic heterocycles. The first-order chi connectivity index (χ1) is 10.0. The lowest BCUT2D eigenvalue weighted by Crippen LogP contribution is -1.90. The second-order valence-corrected chi connectivity index (χ2v) is 4.43. The van der Waals surface area contributed by atoms with Gasteiger partial charge in [0.05, 0.1) is 28.4 Å². The molecule has 2 aromatic carbocycles. The van der Waals surface area contributed by atoms with E-state index in [0.29, 0.717) is 22.8 Å². The summed E-state index contributed by atoms with van der Waals surface area (Å²) < 4.78 is 5.08. The summed E-state index contributed by atoms with van der Waals surface area (Å²) in [5.74, 6) is 0.487. The number of nitro benzene ring substituents is 1. The molecule has 0 fully saturated rings. The molecule has 108 valence electrons. The lowest BCUT2D eigenvalue weighted by molar-refractivity contribution is -0.384. The number of methoxy groups -OCH3 is 1. The van der Waals surface area contributed by atoms with Crippen molar-refractivity contribution in [2.24, 2.45) is 10.2 Å². The third-order valence-electron chi connectivity index (χ3n) is 2.63. The van der Waals surface area contributed by atoms with E-state index in [9.17, 15) is 10.1 Å². The Hall–Kier alpha value is -2.67. The number of anilines is 1. The van der Waals surface area contributed by atoms with Gasteiger partial charge in [0.25, 0.3) is 5.69 Å². The SMILES string of the molecule is COc1cc(N=Nc2ccc([N+](=O)[O-])cc2Cl)ccc1N. The minimum atomic E-state index is -0.530. The minimum absolute atomic E-state index is 0.104. The van der Waals surface area contributed by atoms with Crippen molar-refractivity contribution in [1.29, 1.82) is 0 Å². The van der Waals surface area contributed by atoms with Gasteiger partial charge in [-0.15, -0.1) is 5.11 Å². The van der Waals surface area contributed by atoms with Crippen molar-refractivity contribution < 1.29 is 9.66 Å². The fourth-order valence-corrected chi connectivity index (χ4v) is 1.78. The normalized spacial score (nSPS) is 10.8. The molecule has 0 aliphatic carbocycles. The topological polar surface area (TPSA) is 103 Å². The van der Waals surface area contributed by atoms with Crippen LogP contribution in [0.15, 0.2) is 46.6 Å². The van der Waals surface area contributed by atoms with Crippen molar-refractivity contribution in [3.63, 3.8) is 0 Å². The van der Waals surface area contributed by atoms with Crippen LogP contribution < -0.4 is 10.5 Å². The van der Waals surface area contributed by atoms with E-state index in [1.54, 1.807) is 18.2 Å². The molecule has 0 amide bonds. The fraction of sp³-hybridized carbons (Fsp3) is 0.0769. The van der Waals surface area contributed by atoms with Gasteiger partial charge >= 0.3 is 0 Å². The Morgan fingerprint density at radius 1 is 1.24 bits per heavy atom. The number of nitro groups is 1. The quantitative estimate of drug-likeness (QED) is 0.394. The molecule has 8 heteroatoms. The lowest BCUT2D eigenvalue weighted by Gasteiger charge is -2.04. The summed E-state index contributed by atoms with van der Waals surface area (Å²) in [7, 11) is 1.50. The largest absolute Gasteiger partial charge is 0.495 e. The molecule has 0 heterocycles. The molecule has 2 aromatic rings. The molecule has 0 bridgehead atoms. The smallest absolute Gasteiger partial charge is 0.271 e. The van der Waals surface area contributed by atoms with E-state index < -0.39 is 4.92 Å². The van der Waals surface area contributed by atoms with Crippen LogP contribution in [0, 0.1) is 10.1 Å². The molecular formula is C13H11ClN4O3. The van der Waals surface area contributed by atoms with Crippen molar-refractivity contribution in [3.05, 3.63) is 51.5 Å². The molecule has 0 spiro atoms. The van der Waals surface area contributed by atoms with Gasteiger partial charge in [0.1, 0.15) is 11.4 Å². The number of nitrogen functional groups attached to an aromatic ring is 1. The van der Waals surface area contributed by atoms with Crippen LogP contribution >= 0.6 is 11.6 Å². The van der Waals surface area contributed by atoms with E-state index in [0.717, 1.165) is 0 Å². The van der Waals surface area contributed by atoms with Gasteiger partial charge < -0.3 is 10.5 Å². The Kier molecular flexibility index (Phi) is 4.34. The number of benzene rings is 2. The Bertz CT molecular complexity index is 719. The van der Waals surface area contributed by atoms with E-state index in [4.69, 9.17) is 22.1 Å². The summed E-state index contributed by atoms with van der Waals surface area (Å²) in [6.45, 7) is 0. The Morgan fingerprint density at radius 3 is 2.62 bits per heavy atom. The standard InChI is InChI=1S/C13H11ClN4O3/c1-21-13-6-8(2-4-11(13)15)16-17-12-5-3-9(18(19)20)7-10(12)14/h2-7H,15H2,1H3. The van der Waals surface area contributed by atoms with E-state index in [-0.39, 0.29) is 10.7 Å². The maximum atomic E-state index is 10.6. The maximum absolute atomic E-state index is 10.6. The average Bonchev–Trinajstić information content (AvgIpc) is 2.47. The van der Waals surface area contributed by atoms with Gasteiger partial charge in [0.2, 0.25) is 0 Å². The molecule has 0 unspecified atom stereocenters. The van der Waals surface area contributed by atoms with Crippen LogP contribution in [0.1, 0.15) is 0 Å². The Balaban J connectivity index is 2.27. The van der Waals surface area contributed by atoms with E-state index in [1.807, 2.05) is 0 Å². The maximum Gasteiger partial charge on any atom is 0.271 e. The molecule has 21 heavy (non-hydrogen) atoms. The number of halogens is 1. The molecule has 0 aliphatic heterocycles. The van der Waals surface area contributed by atoms with Crippen molar-refractivity contribution in [1.82, 2.24) is 0 Å². The van der Waals surface area contributed by atoms with Crippen molar-refractivity contribution in [2.45, 2.75) is 0 Å².